The third-order valence-corrected chi connectivity index (χ3v) is 5.24. The molecule has 1 aliphatic heterocycles. The molecule has 1 unspecified atom stereocenters. The highest BCUT2D eigenvalue weighted by atomic mass is 32.2. The van der Waals surface area contributed by atoms with Gasteiger partial charge in [0.2, 0.25) is 10.0 Å². The SMILES string of the molecule is CCC1CN(S(=O)(=O)c2ccc(C(N)=S)nc2)CCO1. The van der Waals surface area contributed by atoms with Crippen molar-refractivity contribution in [1.82, 2.24) is 9.29 Å². The molecule has 2 heterocycles. The molecule has 2 rings (SSSR count). The summed E-state index contributed by atoms with van der Waals surface area (Å²) in [4.78, 5) is 4.27. The zero-order valence-electron chi connectivity index (χ0n) is 11.2. The quantitative estimate of drug-likeness (QED) is 0.815. The van der Waals surface area contributed by atoms with Crippen LogP contribution >= 0.6 is 12.2 Å². The van der Waals surface area contributed by atoms with Crippen LogP contribution in [0.5, 0.6) is 0 Å². The summed E-state index contributed by atoms with van der Waals surface area (Å²) >= 11 is 4.79. The highest BCUT2D eigenvalue weighted by Gasteiger charge is 2.30. The van der Waals surface area contributed by atoms with Crippen LogP contribution in [0.15, 0.2) is 23.2 Å². The van der Waals surface area contributed by atoms with Crippen LogP contribution in [0.2, 0.25) is 0 Å². The average molecular weight is 315 g/mol. The lowest BCUT2D eigenvalue weighted by Gasteiger charge is -2.31. The van der Waals surface area contributed by atoms with Gasteiger partial charge in [0.25, 0.3) is 0 Å². The lowest BCUT2D eigenvalue weighted by molar-refractivity contribution is -0.00278. The van der Waals surface area contributed by atoms with E-state index in [1.807, 2.05) is 6.92 Å². The van der Waals surface area contributed by atoms with Gasteiger partial charge in [0.1, 0.15) is 9.88 Å². The predicted octanol–water partition coefficient (Wildman–Crippen LogP) is 0.515. The fourth-order valence-electron chi connectivity index (χ4n) is 1.99. The topological polar surface area (TPSA) is 85.5 Å². The molecule has 1 saturated heterocycles. The molecule has 2 N–H and O–H groups in total. The number of rotatable bonds is 4. The number of hydrogen-bond donors (Lipinski definition) is 1. The maximum atomic E-state index is 12.5. The summed E-state index contributed by atoms with van der Waals surface area (Å²) in [6.45, 7) is 3.11. The van der Waals surface area contributed by atoms with E-state index in [2.05, 4.69) is 4.98 Å². The van der Waals surface area contributed by atoms with E-state index in [-0.39, 0.29) is 16.0 Å². The van der Waals surface area contributed by atoms with E-state index in [9.17, 15) is 8.42 Å². The third kappa shape index (κ3) is 3.14. The Labute approximate surface area is 124 Å². The van der Waals surface area contributed by atoms with Crippen LogP contribution in [0.4, 0.5) is 0 Å². The first-order chi connectivity index (χ1) is 9.45. The number of thiocarbonyl (C=S) groups is 1. The Balaban J connectivity index is 2.23. The number of nitrogens with two attached hydrogens (primary N) is 1. The van der Waals surface area contributed by atoms with E-state index in [1.54, 1.807) is 0 Å². The number of aromatic nitrogens is 1. The molecule has 0 radical (unpaired) electrons. The van der Waals surface area contributed by atoms with E-state index >= 15 is 0 Å². The van der Waals surface area contributed by atoms with Crippen molar-refractivity contribution >= 4 is 27.2 Å². The van der Waals surface area contributed by atoms with Gasteiger partial charge in [-0.05, 0) is 18.6 Å². The number of sulfonamides is 1. The summed E-state index contributed by atoms with van der Waals surface area (Å²) in [5, 5.41) is 0. The third-order valence-electron chi connectivity index (χ3n) is 3.18. The van der Waals surface area contributed by atoms with Gasteiger partial charge in [-0.3, -0.25) is 4.98 Å². The van der Waals surface area contributed by atoms with Gasteiger partial charge < -0.3 is 10.5 Å². The number of ether oxygens (including phenoxy) is 1. The molecule has 1 aliphatic rings. The fraction of sp³-hybridized carbons (Fsp3) is 0.500. The molecule has 0 bridgehead atoms. The molecule has 1 atom stereocenters. The first-order valence-electron chi connectivity index (χ1n) is 6.32. The molecule has 0 aliphatic carbocycles. The molecule has 110 valence electrons. The molecule has 0 aromatic carbocycles. The molecule has 0 amide bonds. The van der Waals surface area contributed by atoms with Crippen molar-refractivity contribution in [2.45, 2.75) is 24.3 Å². The Morgan fingerprint density at radius 1 is 1.60 bits per heavy atom. The first-order valence-corrected chi connectivity index (χ1v) is 8.17. The monoisotopic (exact) mass is 315 g/mol. The number of nitrogens with zero attached hydrogens (tertiary/aromatic N) is 2. The molecule has 1 fully saturated rings. The summed E-state index contributed by atoms with van der Waals surface area (Å²) in [7, 11) is -3.54. The van der Waals surface area contributed by atoms with Crippen LogP contribution in [0.1, 0.15) is 19.0 Å². The number of morpholine rings is 1. The second kappa shape index (κ2) is 6.13. The van der Waals surface area contributed by atoms with Gasteiger partial charge in [0.15, 0.2) is 0 Å². The van der Waals surface area contributed by atoms with Crippen molar-refractivity contribution in [3.05, 3.63) is 24.0 Å². The second-order valence-electron chi connectivity index (χ2n) is 4.51. The van der Waals surface area contributed by atoms with Crippen molar-refractivity contribution in [3.8, 4) is 0 Å². The van der Waals surface area contributed by atoms with Gasteiger partial charge in [-0.15, -0.1) is 0 Å². The zero-order valence-corrected chi connectivity index (χ0v) is 12.8. The minimum Gasteiger partial charge on any atom is -0.388 e. The standard InChI is InChI=1S/C12H17N3O3S2/c1-2-9-8-15(5-6-18-9)20(16,17)10-3-4-11(12(13)19)14-7-10/h3-4,7,9H,2,5-6,8H2,1H3,(H2,13,19). The molecule has 20 heavy (non-hydrogen) atoms. The summed E-state index contributed by atoms with van der Waals surface area (Å²) in [6, 6.07) is 3.00. The van der Waals surface area contributed by atoms with Gasteiger partial charge in [0.05, 0.1) is 18.4 Å². The highest BCUT2D eigenvalue weighted by Crippen LogP contribution is 2.19. The van der Waals surface area contributed by atoms with Crippen LogP contribution in [-0.2, 0) is 14.8 Å². The van der Waals surface area contributed by atoms with Crippen molar-refractivity contribution < 1.29 is 13.2 Å². The van der Waals surface area contributed by atoms with Gasteiger partial charge in [-0.25, -0.2) is 8.42 Å². The lowest BCUT2D eigenvalue weighted by Crippen LogP contribution is -2.45. The summed E-state index contributed by atoms with van der Waals surface area (Å²) < 4.78 is 31.9. The van der Waals surface area contributed by atoms with Crippen LogP contribution < -0.4 is 5.73 Å². The Morgan fingerprint density at radius 2 is 2.35 bits per heavy atom. The van der Waals surface area contributed by atoms with E-state index in [0.717, 1.165) is 6.42 Å². The summed E-state index contributed by atoms with van der Waals surface area (Å²) in [6.07, 6.45) is 2.02. The van der Waals surface area contributed by atoms with Crippen molar-refractivity contribution in [2.75, 3.05) is 19.7 Å². The van der Waals surface area contributed by atoms with Crippen LogP contribution in [-0.4, -0.2) is 48.5 Å². The first kappa shape index (κ1) is 15.3. The van der Waals surface area contributed by atoms with E-state index in [1.165, 1.54) is 22.6 Å². The predicted molar refractivity (Wildman–Crippen MR) is 78.9 cm³/mol. The average Bonchev–Trinajstić information content (AvgIpc) is 2.47. The van der Waals surface area contributed by atoms with Crippen molar-refractivity contribution in [1.29, 1.82) is 0 Å². The normalized spacial score (nSPS) is 20.8. The molecular weight excluding hydrogens is 298 g/mol. The smallest absolute Gasteiger partial charge is 0.244 e. The van der Waals surface area contributed by atoms with Gasteiger partial charge in [0, 0.05) is 19.3 Å². The fourth-order valence-corrected chi connectivity index (χ4v) is 3.51. The summed E-state index contributed by atoms with van der Waals surface area (Å²) in [5.74, 6) is 0. The molecule has 6 nitrogen and oxygen atoms in total. The van der Waals surface area contributed by atoms with Crippen molar-refractivity contribution in [2.24, 2.45) is 5.73 Å². The van der Waals surface area contributed by atoms with Crippen molar-refractivity contribution in [3.63, 3.8) is 0 Å². The highest BCUT2D eigenvalue weighted by molar-refractivity contribution is 7.89. The second-order valence-corrected chi connectivity index (χ2v) is 6.89. The van der Waals surface area contributed by atoms with Gasteiger partial charge >= 0.3 is 0 Å². The molecule has 1 aromatic rings. The van der Waals surface area contributed by atoms with E-state index < -0.39 is 10.0 Å². The zero-order chi connectivity index (χ0) is 14.8. The van der Waals surface area contributed by atoms with Gasteiger partial charge in [-0.1, -0.05) is 19.1 Å². The molecule has 0 spiro atoms. The largest absolute Gasteiger partial charge is 0.388 e. The molecule has 8 heteroatoms. The molecular formula is C12H17N3O3S2. The summed E-state index contributed by atoms with van der Waals surface area (Å²) in [5.41, 5.74) is 5.85. The number of hydrogen-bond acceptors (Lipinski definition) is 5. The maximum Gasteiger partial charge on any atom is 0.244 e. The van der Waals surface area contributed by atoms with Gasteiger partial charge in [-0.2, -0.15) is 4.31 Å². The van der Waals surface area contributed by atoms with E-state index in [0.29, 0.717) is 25.4 Å². The molecule has 1 aromatic heterocycles. The number of pyridine rings is 1. The van der Waals surface area contributed by atoms with E-state index in [4.69, 9.17) is 22.7 Å². The minimum atomic E-state index is -3.54. The Hall–Kier alpha value is -1.09. The maximum absolute atomic E-state index is 12.5. The minimum absolute atomic E-state index is 0.0534. The van der Waals surface area contributed by atoms with Crippen LogP contribution in [0.25, 0.3) is 0 Å². The Morgan fingerprint density at radius 3 is 2.90 bits per heavy atom. The van der Waals surface area contributed by atoms with Crippen LogP contribution in [0, 0.1) is 0 Å². The van der Waals surface area contributed by atoms with Crippen LogP contribution in [0.3, 0.4) is 0 Å². The molecule has 0 saturated carbocycles. The Bertz CT molecular complexity index is 586. The Kier molecular flexibility index (Phi) is 4.69. The lowest BCUT2D eigenvalue weighted by atomic mass is 10.2.